The van der Waals surface area contributed by atoms with Gasteiger partial charge in [-0.25, -0.2) is 4.98 Å². The highest BCUT2D eigenvalue weighted by Gasteiger charge is 2.34. The van der Waals surface area contributed by atoms with Crippen molar-refractivity contribution >= 4 is 10.9 Å². The molecule has 1 aliphatic rings. The summed E-state index contributed by atoms with van der Waals surface area (Å²) in [6.45, 7) is 3.77. The monoisotopic (exact) mass is 323 g/mol. The van der Waals surface area contributed by atoms with E-state index in [2.05, 4.69) is 55.4 Å². The van der Waals surface area contributed by atoms with E-state index >= 15 is 0 Å². The fourth-order valence-electron chi connectivity index (χ4n) is 3.48. The van der Waals surface area contributed by atoms with Crippen LogP contribution >= 0.6 is 0 Å². The first-order valence-electron chi connectivity index (χ1n) is 8.21. The van der Waals surface area contributed by atoms with Crippen LogP contribution in [0.1, 0.15) is 29.5 Å². The Hall–Kier alpha value is -2.31. The normalized spacial score (nSPS) is 21.6. The van der Waals surface area contributed by atoms with Crippen LogP contribution in [0.5, 0.6) is 0 Å². The maximum Gasteiger partial charge on any atom is 0.141 e. The van der Waals surface area contributed by atoms with Crippen LogP contribution in [0.2, 0.25) is 0 Å². The minimum Gasteiger partial charge on any atom is -0.380 e. The van der Waals surface area contributed by atoms with Crippen LogP contribution in [0.4, 0.5) is 0 Å². The molecule has 1 saturated heterocycles. The number of fused-ring (bicyclic) bond motifs is 1. The van der Waals surface area contributed by atoms with Crippen LogP contribution in [0.15, 0.2) is 36.7 Å². The standard InChI is InChI=1S/C18H21N5O/c1-12-3-5-14-7-13(4-6-16(14)21-12)9-23-10-15(24-2)8-17(23)18-19-11-20-22-18/h3-7,11,15,17H,8-10H2,1-2H3,(H,19,20,22)/t15-,17+/m1/s1. The molecule has 3 aromatic rings. The Morgan fingerprint density at radius 2 is 2.21 bits per heavy atom. The summed E-state index contributed by atoms with van der Waals surface area (Å²) in [7, 11) is 1.77. The molecule has 0 radical (unpaired) electrons. The highest BCUT2D eigenvalue weighted by atomic mass is 16.5. The lowest BCUT2D eigenvalue weighted by molar-refractivity contribution is 0.107. The van der Waals surface area contributed by atoms with Gasteiger partial charge in [-0.1, -0.05) is 12.1 Å². The van der Waals surface area contributed by atoms with E-state index in [1.54, 1.807) is 13.4 Å². The number of H-pyrrole nitrogens is 1. The number of hydrogen-bond acceptors (Lipinski definition) is 5. The van der Waals surface area contributed by atoms with Crippen LogP contribution in [0, 0.1) is 6.92 Å². The predicted octanol–water partition coefficient (Wildman–Crippen LogP) is 2.62. The first kappa shape index (κ1) is 15.2. The Morgan fingerprint density at radius 3 is 3.00 bits per heavy atom. The third kappa shape index (κ3) is 2.90. The van der Waals surface area contributed by atoms with Gasteiger partial charge in [0, 0.05) is 31.3 Å². The second-order valence-corrected chi connectivity index (χ2v) is 6.39. The predicted molar refractivity (Wildman–Crippen MR) is 91.4 cm³/mol. The van der Waals surface area contributed by atoms with Crippen molar-refractivity contribution in [3.63, 3.8) is 0 Å². The molecule has 6 heteroatoms. The molecular formula is C18H21N5O. The number of methoxy groups -OCH3 is 1. The summed E-state index contributed by atoms with van der Waals surface area (Å²) < 4.78 is 5.58. The van der Waals surface area contributed by atoms with E-state index in [0.29, 0.717) is 0 Å². The summed E-state index contributed by atoms with van der Waals surface area (Å²) in [5.41, 5.74) is 3.36. The zero-order valence-electron chi connectivity index (χ0n) is 13.9. The van der Waals surface area contributed by atoms with Gasteiger partial charge in [-0.15, -0.1) is 0 Å². The number of aromatic amines is 1. The molecule has 1 N–H and O–H groups in total. The molecule has 0 saturated carbocycles. The van der Waals surface area contributed by atoms with Crippen molar-refractivity contribution in [3.05, 3.63) is 53.7 Å². The van der Waals surface area contributed by atoms with E-state index in [9.17, 15) is 0 Å². The molecule has 1 fully saturated rings. The summed E-state index contributed by atoms with van der Waals surface area (Å²) in [5, 5.41) is 8.18. The number of aryl methyl sites for hydroxylation is 1. The molecule has 2 atom stereocenters. The van der Waals surface area contributed by atoms with Crippen molar-refractivity contribution in [3.8, 4) is 0 Å². The number of likely N-dealkylation sites (tertiary alicyclic amines) is 1. The summed E-state index contributed by atoms with van der Waals surface area (Å²) >= 11 is 0. The van der Waals surface area contributed by atoms with E-state index < -0.39 is 0 Å². The molecule has 0 bridgehead atoms. The van der Waals surface area contributed by atoms with E-state index in [-0.39, 0.29) is 12.1 Å². The SMILES string of the molecule is CO[C@@H]1C[C@@H](c2ncn[nH]2)N(Cc2ccc3nc(C)ccc3c2)C1. The number of nitrogens with zero attached hydrogens (tertiary/aromatic N) is 4. The maximum atomic E-state index is 5.58. The van der Waals surface area contributed by atoms with E-state index in [4.69, 9.17) is 4.74 Å². The van der Waals surface area contributed by atoms with Gasteiger partial charge in [0.1, 0.15) is 12.2 Å². The lowest BCUT2D eigenvalue weighted by atomic mass is 10.1. The fraction of sp³-hybridized carbons (Fsp3) is 0.389. The van der Waals surface area contributed by atoms with E-state index in [1.807, 2.05) is 6.92 Å². The zero-order chi connectivity index (χ0) is 16.5. The number of aromatic nitrogens is 4. The van der Waals surface area contributed by atoms with Crippen LogP contribution in [0.3, 0.4) is 0 Å². The maximum absolute atomic E-state index is 5.58. The average Bonchev–Trinajstić information content (AvgIpc) is 3.24. The lowest BCUT2D eigenvalue weighted by Crippen LogP contribution is -2.25. The lowest BCUT2D eigenvalue weighted by Gasteiger charge is -2.22. The van der Waals surface area contributed by atoms with Crippen molar-refractivity contribution in [2.75, 3.05) is 13.7 Å². The minimum atomic E-state index is 0.212. The number of hydrogen-bond donors (Lipinski definition) is 1. The number of nitrogens with one attached hydrogen (secondary N) is 1. The average molecular weight is 323 g/mol. The number of pyridine rings is 1. The molecule has 24 heavy (non-hydrogen) atoms. The molecule has 4 rings (SSSR count). The van der Waals surface area contributed by atoms with Crippen molar-refractivity contribution in [2.24, 2.45) is 0 Å². The first-order chi connectivity index (χ1) is 11.7. The van der Waals surface area contributed by atoms with Gasteiger partial charge in [0.15, 0.2) is 0 Å². The molecule has 124 valence electrons. The summed E-state index contributed by atoms with van der Waals surface area (Å²) in [5.74, 6) is 0.910. The molecule has 6 nitrogen and oxygen atoms in total. The Kier molecular flexibility index (Phi) is 4.00. The molecule has 1 aromatic carbocycles. The molecular weight excluding hydrogens is 302 g/mol. The van der Waals surface area contributed by atoms with Gasteiger partial charge >= 0.3 is 0 Å². The van der Waals surface area contributed by atoms with Crippen molar-refractivity contribution < 1.29 is 4.74 Å². The van der Waals surface area contributed by atoms with Crippen LogP contribution in [-0.2, 0) is 11.3 Å². The number of benzene rings is 1. The smallest absolute Gasteiger partial charge is 0.141 e. The molecule has 0 aliphatic carbocycles. The van der Waals surface area contributed by atoms with E-state index in [1.165, 1.54) is 10.9 Å². The van der Waals surface area contributed by atoms with Gasteiger partial charge < -0.3 is 4.74 Å². The van der Waals surface area contributed by atoms with Gasteiger partial charge in [0.2, 0.25) is 0 Å². The van der Waals surface area contributed by atoms with Crippen molar-refractivity contribution in [1.29, 1.82) is 0 Å². The first-order valence-corrected chi connectivity index (χ1v) is 8.21. The Bertz CT molecular complexity index is 833. The molecule has 0 spiro atoms. The molecule has 3 heterocycles. The molecule has 1 aliphatic heterocycles. The quantitative estimate of drug-likeness (QED) is 0.799. The van der Waals surface area contributed by atoms with Crippen LogP contribution in [-0.4, -0.2) is 44.8 Å². The van der Waals surface area contributed by atoms with Crippen LogP contribution < -0.4 is 0 Å². The zero-order valence-corrected chi connectivity index (χ0v) is 13.9. The van der Waals surface area contributed by atoms with Gasteiger partial charge in [0.05, 0.1) is 17.7 Å². The largest absolute Gasteiger partial charge is 0.380 e. The molecule has 0 amide bonds. The Balaban J connectivity index is 1.59. The highest BCUT2D eigenvalue weighted by Crippen LogP contribution is 2.32. The Morgan fingerprint density at radius 1 is 1.29 bits per heavy atom. The van der Waals surface area contributed by atoms with Crippen molar-refractivity contribution in [2.45, 2.75) is 32.0 Å². The second kappa shape index (κ2) is 6.30. The van der Waals surface area contributed by atoms with Gasteiger partial charge in [-0.2, -0.15) is 5.10 Å². The summed E-state index contributed by atoms with van der Waals surface area (Å²) in [4.78, 5) is 11.3. The van der Waals surface area contributed by atoms with Gasteiger partial charge in [-0.05, 0) is 37.1 Å². The van der Waals surface area contributed by atoms with E-state index in [0.717, 1.165) is 36.5 Å². The number of rotatable bonds is 4. The van der Waals surface area contributed by atoms with Crippen LogP contribution in [0.25, 0.3) is 10.9 Å². The highest BCUT2D eigenvalue weighted by molar-refractivity contribution is 5.79. The Labute approximate surface area is 140 Å². The van der Waals surface area contributed by atoms with Crippen molar-refractivity contribution in [1.82, 2.24) is 25.1 Å². The second-order valence-electron chi connectivity index (χ2n) is 6.39. The fourth-order valence-corrected chi connectivity index (χ4v) is 3.48. The minimum absolute atomic E-state index is 0.212. The topological polar surface area (TPSA) is 66.9 Å². The van der Waals surface area contributed by atoms with Gasteiger partial charge in [0.25, 0.3) is 0 Å². The van der Waals surface area contributed by atoms with Gasteiger partial charge in [-0.3, -0.25) is 15.0 Å². The summed E-state index contributed by atoms with van der Waals surface area (Å²) in [6, 6.07) is 10.9. The molecule has 2 aromatic heterocycles. The summed E-state index contributed by atoms with van der Waals surface area (Å²) in [6.07, 6.45) is 2.72. The third-order valence-electron chi connectivity index (χ3n) is 4.73. The number of ether oxygens (including phenoxy) is 1. The third-order valence-corrected chi connectivity index (χ3v) is 4.73. The molecule has 0 unspecified atom stereocenters.